The first kappa shape index (κ1) is 22.5. The van der Waals surface area contributed by atoms with Gasteiger partial charge in [0, 0.05) is 29.4 Å². The summed E-state index contributed by atoms with van der Waals surface area (Å²) >= 11 is 0. The number of hydrogen-bond donors (Lipinski definition) is 1. The third-order valence-electron chi connectivity index (χ3n) is 5.32. The summed E-state index contributed by atoms with van der Waals surface area (Å²) < 4.78 is 5.05. The van der Waals surface area contributed by atoms with Crippen LogP contribution in [0.15, 0.2) is 42.5 Å². The van der Waals surface area contributed by atoms with E-state index in [2.05, 4.69) is 32.6 Å². The van der Waals surface area contributed by atoms with Crippen molar-refractivity contribution in [1.29, 1.82) is 0 Å². The number of carbonyl (C=O) groups is 2. The van der Waals surface area contributed by atoms with Crippen molar-refractivity contribution in [2.24, 2.45) is 0 Å². The number of phenols is 1. The molecule has 29 heavy (non-hydrogen) atoms. The van der Waals surface area contributed by atoms with Gasteiger partial charge in [-0.25, -0.2) is 4.79 Å². The molecule has 5 nitrogen and oxygen atoms in total. The molecule has 0 aliphatic rings. The Morgan fingerprint density at radius 3 is 2.03 bits per heavy atom. The molecule has 2 aromatic carbocycles. The van der Waals surface area contributed by atoms with Gasteiger partial charge in [-0.3, -0.25) is 4.79 Å². The van der Waals surface area contributed by atoms with E-state index in [0.717, 1.165) is 18.5 Å². The molecule has 5 heteroatoms. The van der Waals surface area contributed by atoms with Crippen LogP contribution in [0.5, 0.6) is 5.75 Å². The number of hydrogen-bond acceptors (Lipinski definition) is 5. The van der Waals surface area contributed by atoms with Gasteiger partial charge < -0.3 is 14.7 Å². The number of aromatic hydroxyl groups is 1. The number of rotatable bonds is 9. The summed E-state index contributed by atoms with van der Waals surface area (Å²) in [5, 5.41) is 10.7. The van der Waals surface area contributed by atoms with E-state index in [4.69, 9.17) is 4.74 Å². The predicted molar refractivity (Wildman–Crippen MR) is 116 cm³/mol. The fraction of sp³-hybridized carbons (Fsp3) is 0.417. The molecule has 156 valence electrons. The van der Waals surface area contributed by atoms with Crippen molar-refractivity contribution in [2.75, 3.05) is 11.5 Å². The second-order valence-electron chi connectivity index (χ2n) is 7.22. The van der Waals surface area contributed by atoms with E-state index < -0.39 is 11.8 Å². The fourth-order valence-corrected chi connectivity index (χ4v) is 3.42. The molecular weight excluding hydrogens is 366 g/mol. The van der Waals surface area contributed by atoms with E-state index >= 15 is 0 Å². The first-order valence-electron chi connectivity index (χ1n) is 10.3. The van der Waals surface area contributed by atoms with Crippen LogP contribution in [0.1, 0.15) is 73.7 Å². The van der Waals surface area contributed by atoms with Crippen LogP contribution >= 0.6 is 0 Å². The van der Waals surface area contributed by atoms with Crippen molar-refractivity contribution >= 4 is 17.4 Å². The van der Waals surface area contributed by atoms with Gasteiger partial charge in [0.25, 0.3) is 0 Å². The van der Waals surface area contributed by atoms with E-state index in [1.54, 1.807) is 43.3 Å². The molecule has 0 amide bonds. The summed E-state index contributed by atoms with van der Waals surface area (Å²) in [6, 6.07) is 12.2. The Morgan fingerprint density at radius 2 is 1.52 bits per heavy atom. The van der Waals surface area contributed by atoms with E-state index in [-0.39, 0.29) is 29.0 Å². The van der Waals surface area contributed by atoms with Gasteiger partial charge in [0.05, 0.1) is 17.7 Å². The number of carbonyl (C=O) groups excluding carboxylic acids is 2. The molecular formula is C24H31NO4. The first-order valence-corrected chi connectivity index (χ1v) is 10.3. The lowest BCUT2D eigenvalue weighted by Crippen LogP contribution is -2.39. The van der Waals surface area contributed by atoms with E-state index in [1.165, 1.54) is 0 Å². The number of phenolic OH excluding ortho intramolecular Hbond substituents is 1. The molecule has 0 bridgehead atoms. The number of esters is 1. The summed E-state index contributed by atoms with van der Waals surface area (Å²) in [5.74, 6) is -1.05. The molecule has 0 fully saturated rings. The maximum atomic E-state index is 13.1. The third kappa shape index (κ3) is 4.97. The predicted octanol–water partition coefficient (Wildman–Crippen LogP) is 5.20. The molecule has 0 aliphatic carbocycles. The highest BCUT2D eigenvalue weighted by molar-refractivity contribution is 6.15. The SMILES string of the molecule is CCOC(=O)c1ccccc1C(=O)c1ccc(N(C(C)CC)C(C)CC)cc1O. The van der Waals surface area contributed by atoms with Gasteiger partial charge in [-0.15, -0.1) is 0 Å². The number of ketones is 1. The Bertz CT molecular complexity index is 852. The van der Waals surface area contributed by atoms with Gasteiger partial charge in [-0.2, -0.15) is 0 Å². The Morgan fingerprint density at radius 1 is 0.931 bits per heavy atom. The van der Waals surface area contributed by atoms with Gasteiger partial charge in [0.2, 0.25) is 0 Å². The lowest BCUT2D eigenvalue weighted by atomic mass is 9.97. The molecule has 2 unspecified atom stereocenters. The largest absolute Gasteiger partial charge is 0.507 e. The van der Waals surface area contributed by atoms with Crippen LogP contribution in [0.2, 0.25) is 0 Å². The third-order valence-corrected chi connectivity index (χ3v) is 5.32. The smallest absolute Gasteiger partial charge is 0.338 e. The van der Waals surface area contributed by atoms with Crippen molar-refractivity contribution in [3.05, 3.63) is 59.2 Å². The molecule has 2 atom stereocenters. The van der Waals surface area contributed by atoms with Crippen LogP contribution in [0, 0.1) is 0 Å². The van der Waals surface area contributed by atoms with E-state index in [0.29, 0.717) is 12.1 Å². The molecule has 2 aromatic rings. The minimum Gasteiger partial charge on any atom is -0.507 e. The Balaban J connectivity index is 2.43. The van der Waals surface area contributed by atoms with Crippen LogP contribution in [-0.2, 0) is 4.74 Å². The first-order chi connectivity index (χ1) is 13.8. The zero-order valence-corrected chi connectivity index (χ0v) is 17.9. The van der Waals surface area contributed by atoms with Crippen LogP contribution in [0.3, 0.4) is 0 Å². The Labute approximate surface area is 173 Å². The number of benzene rings is 2. The molecule has 1 N–H and O–H groups in total. The zero-order chi connectivity index (χ0) is 21.6. The highest BCUT2D eigenvalue weighted by atomic mass is 16.5. The quantitative estimate of drug-likeness (QED) is 0.465. The van der Waals surface area contributed by atoms with Gasteiger partial charge in [0.15, 0.2) is 5.78 Å². The number of ether oxygens (including phenoxy) is 1. The van der Waals surface area contributed by atoms with Crippen LogP contribution < -0.4 is 4.90 Å². The van der Waals surface area contributed by atoms with Gasteiger partial charge >= 0.3 is 5.97 Å². The fourth-order valence-electron chi connectivity index (χ4n) is 3.42. The molecule has 0 saturated carbocycles. The molecule has 0 radical (unpaired) electrons. The van der Waals surface area contributed by atoms with E-state index in [1.807, 2.05) is 6.07 Å². The normalized spacial score (nSPS) is 12.9. The average molecular weight is 398 g/mol. The average Bonchev–Trinajstić information content (AvgIpc) is 2.73. The molecule has 0 aliphatic heterocycles. The maximum Gasteiger partial charge on any atom is 0.338 e. The molecule has 0 spiro atoms. The monoisotopic (exact) mass is 397 g/mol. The van der Waals surface area contributed by atoms with Gasteiger partial charge in [-0.05, 0) is 51.8 Å². The highest BCUT2D eigenvalue weighted by Crippen LogP contribution is 2.31. The summed E-state index contributed by atoms with van der Waals surface area (Å²) in [5.41, 5.74) is 1.46. The second kappa shape index (κ2) is 10.1. The van der Waals surface area contributed by atoms with Crippen molar-refractivity contribution in [3.8, 4) is 5.75 Å². The van der Waals surface area contributed by atoms with Crippen LogP contribution in [0.4, 0.5) is 5.69 Å². The maximum absolute atomic E-state index is 13.1. The Kier molecular flexibility index (Phi) is 7.82. The lowest BCUT2D eigenvalue weighted by Gasteiger charge is -2.36. The Hall–Kier alpha value is -2.82. The topological polar surface area (TPSA) is 66.8 Å². The zero-order valence-electron chi connectivity index (χ0n) is 17.9. The summed E-state index contributed by atoms with van der Waals surface area (Å²) in [7, 11) is 0. The molecule has 0 saturated heterocycles. The highest BCUT2D eigenvalue weighted by Gasteiger charge is 2.23. The molecule has 0 aromatic heterocycles. The molecule has 0 heterocycles. The van der Waals surface area contributed by atoms with Crippen molar-refractivity contribution in [2.45, 2.75) is 59.5 Å². The minimum atomic E-state index is -0.549. The van der Waals surface area contributed by atoms with Crippen LogP contribution in [0.25, 0.3) is 0 Å². The summed E-state index contributed by atoms with van der Waals surface area (Å²) in [4.78, 5) is 27.5. The van der Waals surface area contributed by atoms with Crippen molar-refractivity contribution in [1.82, 2.24) is 0 Å². The van der Waals surface area contributed by atoms with E-state index in [9.17, 15) is 14.7 Å². The van der Waals surface area contributed by atoms with Crippen molar-refractivity contribution < 1.29 is 19.4 Å². The van der Waals surface area contributed by atoms with Crippen LogP contribution in [-0.4, -0.2) is 35.5 Å². The minimum absolute atomic E-state index is 0.0947. The number of nitrogens with zero attached hydrogens (tertiary/aromatic N) is 1. The van der Waals surface area contributed by atoms with Crippen molar-refractivity contribution in [3.63, 3.8) is 0 Å². The van der Waals surface area contributed by atoms with Gasteiger partial charge in [0.1, 0.15) is 5.75 Å². The standard InChI is InChI=1S/C24H31NO4/c1-6-16(4)25(17(5)7-2)18-13-14-21(22(26)15-18)23(27)19-11-9-10-12-20(19)24(28)29-8-3/h9-17,26H,6-8H2,1-5H3. The number of anilines is 1. The summed E-state index contributed by atoms with van der Waals surface area (Å²) in [6.45, 7) is 10.5. The second-order valence-corrected chi connectivity index (χ2v) is 7.22. The summed E-state index contributed by atoms with van der Waals surface area (Å²) in [6.07, 6.45) is 1.94. The molecule has 2 rings (SSSR count). The van der Waals surface area contributed by atoms with Gasteiger partial charge in [-0.1, -0.05) is 32.0 Å². The lowest BCUT2D eigenvalue weighted by molar-refractivity contribution is 0.0523.